The molecule has 4 heteroatoms. The topological polar surface area (TPSA) is 47.8 Å². The van der Waals surface area contributed by atoms with E-state index in [0.717, 1.165) is 25.2 Å². The number of nitrogens with zero attached hydrogens (tertiary/aromatic N) is 3. The van der Waals surface area contributed by atoms with Crippen LogP contribution in [0.1, 0.15) is 58.2 Å². The average Bonchev–Trinajstić information content (AvgIpc) is 2.65. The lowest BCUT2D eigenvalue weighted by Crippen LogP contribution is -2.20. The lowest BCUT2D eigenvalue weighted by molar-refractivity contribution is -0.122. The van der Waals surface area contributed by atoms with Crippen LogP contribution in [0.25, 0.3) is 0 Å². The molecule has 1 saturated carbocycles. The second-order valence-electron chi connectivity index (χ2n) is 6.08. The van der Waals surface area contributed by atoms with Crippen LogP contribution >= 0.6 is 0 Å². The number of ketones is 1. The molecule has 1 aliphatic carbocycles. The van der Waals surface area contributed by atoms with E-state index in [4.69, 9.17) is 0 Å². The van der Waals surface area contributed by atoms with Crippen molar-refractivity contribution < 1.29 is 4.79 Å². The van der Waals surface area contributed by atoms with Crippen LogP contribution < -0.4 is 0 Å². The molecule has 1 aliphatic rings. The van der Waals surface area contributed by atoms with Crippen LogP contribution in [-0.4, -0.2) is 20.5 Å². The molecule has 1 fully saturated rings. The summed E-state index contributed by atoms with van der Waals surface area (Å²) in [5.41, 5.74) is 0. The Hall–Kier alpha value is -1.19. The third kappa shape index (κ3) is 4.15. The molecule has 0 spiro atoms. The van der Waals surface area contributed by atoms with Gasteiger partial charge in [-0.15, -0.1) is 0 Å². The van der Waals surface area contributed by atoms with Gasteiger partial charge < -0.3 is 0 Å². The van der Waals surface area contributed by atoms with E-state index in [9.17, 15) is 4.79 Å². The first kappa shape index (κ1) is 14.2. The highest BCUT2D eigenvalue weighted by molar-refractivity contribution is 5.82. The molecule has 1 aromatic rings. The normalized spacial score (nSPS) is 17.6. The van der Waals surface area contributed by atoms with E-state index in [2.05, 4.69) is 23.9 Å². The Bertz CT molecular complexity index is 403. The molecule has 2 rings (SSSR count). The fourth-order valence-electron chi connectivity index (χ4n) is 2.82. The monoisotopic (exact) mass is 263 g/mol. The van der Waals surface area contributed by atoms with Gasteiger partial charge in [-0.2, -0.15) is 5.10 Å². The van der Waals surface area contributed by atoms with Crippen LogP contribution in [0.4, 0.5) is 0 Å². The largest absolute Gasteiger partial charge is 0.299 e. The van der Waals surface area contributed by atoms with Crippen LogP contribution in [0.3, 0.4) is 0 Å². The van der Waals surface area contributed by atoms with Gasteiger partial charge in [0.05, 0.1) is 6.42 Å². The molecule has 1 heterocycles. The summed E-state index contributed by atoms with van der Waals surface area (Å²) in [7, 11) is 0. The van der Waals surface area contributed by atoms with Crippen molar-refractivity contribution in [3.8, 4) is 0 Å². The van der Waals surface area contributed by atoms with E-state index >= 15 is 0 Å². The fraction of sp³-hybridized carbons (Fsp3) is 0.800. The molecule has 0 unspecified atom stereocenters. The van der Waals surface area contributed by atoms with E-state index in [1.54, 1.807) is 6.33 Å². The molecule has 0 aliphatic heterocycles. The molecular weight excluding hydrogens is 238 g/mol. The van der Waals surface area contributed by atoms with E-state index in [0.29, 0.717) is 18.1 Å². The highest BCUT2D eigenvalue weighted by Crippen LogP contribution is 2.24. The molecule has 0 saturated heterocycles. The van der Waals surface area contributed by atoms with E-state index in [1.165, 1.54) is 25.7 Å². The smallest absolute Gasteiger partial charge is 0.143 e. The molecule has 0 N–H and O–H groups in total. The van der Waals surface area contributed by atoms with E-state index in [-0.39, 0.29) is 5.92 Å². The minimum absolute atomic E-state index is 0.256. The van der Waals surface area contributed by atoms with Crippen molar-refractivity contribution in [2.45, 2.75) is 65.3 Å². The molecule has 0 aromatic carbocycles. The Morgan fingerprint density at radius 1 is 1.32 bits per heavy atom. The fourth-order valence-corrected chi connectivity index (χ4v) is 2.82. The molecule has 106 valence electrons. The number of aromatic nitrogens is 3. The van der Waals surface area contributed by atoms with Crippen LogP contribution in [0.2, 0.25) is 0 Å². The first-order valence-electron chi connectivity index (χ1n) is 7.56. The van der Waals surface area contributed by atoms with Crippen LogP contribution in [0.5, 0.6) is 0 Å². The van der Waals surface area contributed by atoms with Crippen LogP contribution in [0.15, 0.2) is 6.33 Å². The number of hydrogen-bond acceptors (Lipinski definition) is 3. The van der Waals surface area contributed by atoms with Gasteiger partial charge in [0.15, 0.2) is 0 Å². The Morgan fingerprint density at radius 3 is 2.63 bits per heavy atom. The Labute approximate surface area is 115 Å². The molecule has 0 amide bonds. The van der Waals surface area contributed by atoms with Crippen molar-refractivity contribution in [1.82, 2.24) is 14.8 Å². The zero-order chi connectivity index (χ0) is 13.7. The molecule has 0 atom stereocenters. The number of carbonyl (C=O) groups excluding carboxylic acids is 1. The van der Waals surface area contributed by atoms with Gasteiger partial charge in [0.1, 0.15) is 17.9 Å². The maximum atomic E-state index is 12.4. The zero-order valence-electron chi connectivity index (χ0n) is 12.1. The van der Waals surface area contributed by atoms with Crippen molar-refractivity contribution in [3.63, 3.8) is 0 Å². The van der Waals surface area contributed by atoms with Gasteiger partial charge in [-0.05, 0) is 18.8 Å². The standard InChI is InChI=1S/C15H25N3O/c1-12(2)10-18-15(16-11-17-18)9-14(19)13-7-5-3-4-6-8-13/h11-13H,3-10H2,1-2H3. The molecule has 1 aromatic heterocycles. The maximum Gasteiger partial charge on any atom is 0.143 e. The number of Topliss-reactive ketones (excluding diaryl/α,β-unsaturated/α-hetero) is 1. The molecule has 19 heavy (non-hydrogen) atoms. The molecular formula is C15H25N3O. The molecule has 0 radical (unpaired) electrons. The first-order chi connectivity index (χ1) is 9.16. The summed E-state index contributed by atoms with van der Waals surface area (Å²) in [6.07, 6.45) is 9.13. The van der Waals surface area contributed by atoms with Gasteiger partial charge in [0.25, 0.3) is 0 Å². The number of carbonyl (C=O) groups is 1. The minimum atomic E-state index is 0.256. The Balaban J connectivity index is 1.96. The Morgan fingerprint density at radius 2 is 2.00 bits per heavy atom. The minimum Gasteiger partial charge on any atom is -0.299 e. The van der Waals surface area contributed by atoms with Gasteiger partial charge in [-0.3, -0.25) is 4.79 Å². The van der Waals surface area contributed by atoms with Crippen molar-refractivity contribution >= 4 is 5.78 Å². The van der Waals surface area contributed by atoms with Crippen LogP contribution in [0, 0.1) is 11.8 Å². The van der Waals surface area contributed by atoms with E-state index in [1.807, 2.05) is 4.68 Å². The second kappa shape index (κ2) is 6.83. The number of rotatable bonds is 5. The summed E-state index contributed by atoms with van der Waals surface area (Å²) in [5, 5.41) is 4.23. The summed E-state index contributed by atoms with van der Waals surface area (Å²) in [6, 6.07) is 0. The van der Waals surface area contributed by atoms with E-state index < -0.39 is 0 Å². The zero-order valence-corrected chi connectivity index (χ0v) is 12.1. The predicted molar refractivity (Wildman–Crippen MR) is 74.8 cm³/mol. The average molecular weight is 263 g/mol. The SMILES string of the molecule is CC(C)Cn1ncnc1CC(=O)C1CCCCCC1. The lowest BCUT2D eigenvalue weighted by atomic mass is 9.93. The highest BCUT2D eigenvalue weighted by atomic mass is 16.1. The van der Waals surface area contributed by atoms with Crippen molar-refractivity contribution in [1.29, 1.82) is 0 Å². The summed E-state index contributed by atoms with van der Waals surface area (Å²) < 4.78 is 1.89. The van der Waals surface area contributed by atoms with Crippen molar-refractivity contribution in [3.05, 3.63) is 12.2 Å². The quantitative estimate of drug-likeness (QED) is 0.767. The summed E-state index contributed by atoms with van der Waals surface area (Å²) in [5.74, 6) is 1.97. The first-order valence-corrected chi connectivity index (χ1v) is 7.56. The van der Waals surface area contributed by atoms with Crippen molar-refractivity contribution in [2.24, 2.45) is 11.8 Å². The van der Waals surface area contributed by atoms with Gasteiger partial charge in [0.2, 0.25) is 0 Å². The molecule has 0 bridgehead atoms. The summed E-state index contributed by atoms with van der Waals surface area (Å²) in [4.78, 5) is 16.6. The van der Waals surface area contributed by atoms with Crippen molar-refractivity contribution in [2.75, 3.05) is 0 Å². The maximum absolute atomic E-state index is 12.4. The lowest BCUT2D eigenvalue weighted by Gasteiger charge is -2.13. The predicted octanol–water partition coefficient (Wildman–Crippen LogP) is 3.02. The summed E-state index contributed by atoms with van der Waals surface area (Å²) in [6.45, 7) is 5.14. The summed E-state index contributed by atoms with van der Waals surface area (Å²) >= 11 is 0. The number of hydrogen-bond donors (Lipinski definition) is 0. The van der Waals surface area contributed by atoms with Crippen LogP contribution in [-0.2, 0) is 17.8 Å². The third-order valence-corrected chi connectivity index (χ3v) is 3.88. The van der Waals surface area contributed by atoms with Gasteiger partial charge in [-0.1, -0.05) is 39.5 Å². The Kier molecular flexibility index (Phi) is 5.11. The second-order valence-corrected chi connectivity index (χ2v) is 6.08. The highest BCUT2D eigenvalue weighted by Gasteiger charge is 2.22. The van der Waals surface area contributed by atoms with Gasteiger partial charge >= 0.3 is 0 Å². The van der Waals surface area contributed by atoms with Gasteiger partial charge in [-0.25, -0.2) is 9.67 Å². The third-order valence-electron chi connectivity index (χ3n) is 3.88. The molecule has 4 nitrogen and oxygen atoms in total. The van der Waals surface area contributed by atoms with Gasteiger partial charge in [0, 0.05) is 12.5 Å².